The normalized spacial score (nSPS) is 15.5. The summed E-state index contributed by atoms with van der Waals surface area (Å²) in [5.74, 6) is -0.106. The number of imidazole rings is 1. The number of hydrogen-bond donors (Lipinski definition) is 1. The van der Waals surface area contributed by atoms with Crippen LogP contribution in [0.3, 0.4) is 0 Å². The second-order valence-corrected chi connectivity index (χ2v) is 9.37. The van der Waals surface area contributed by atoms with Crippen LogP contribution < -0.4 is 0 Å². The van der Waals surface area contributed by atoms with Crippen LogP contribution in [0.2, 0.25) is 0 Å². The monoisotopic (exact) mass is 486 g/mol. The minimum atomic E-state index is -4.27. The molecule has 0 spiro atoms. The topological polar surface area (TPSA) is 81.0 Å². The molecule has 1 aliphatic rings. The number of carbonyl (C=O) groups excluding carboxylic acids is 1. The van der Waals surface area contributed by atoms with E-state index >= 15 is 0 Å². The van der Waals surface area contributed by atoms with Gasteiger partial charge in [-0.05, 0) is 49.4 Å². The molecule has 1 fully saturated rings. The molecule has 1 aliphatic heterocycles. The first-order valence-corrected chi connectivity index (χ1v) is 11.7. The number of carbonyl (C=O) groups is 1. The van der Waals surface area contributed by atoms with E-state index in [9.17, 15) is 18.0 Å². The molecule has 0 radical (unpaired) electrons. The van der Waals surface area contributed by atoms with Crippen molar-refractivity contribution in [2.24, 2.45) is 0 Å². The van der Waals surface area contributed by atoms with E-state index in [1.807, 2.05) is 12.1 Å². The number of fused-ring (bicyclic) bond motifs is 1. The van der Waals surface area contributed by atoms with Crippen molar-refractivity contribution in [1.29, 1.82) is 5.26 Å². The number of alkyl halides is 3. The zero-order valence-electron chi connectivity index (χ0n) is 20.1. The Balaban J connectivity index is 1.49. The largest absolute Gasteiger partial charge is 0.389 e. The van der Waals surface area contributed by atoms with Crippen LogP contribution in [0, 0.1) is 18.3 Å². The van der Waals surface area contributed by atoms with Gasteiger partial charge in [-0.15, -0.1) is 0 Å². The van der Waals surface area contributed by atoms with Crippen molar-refractivity contribution < 1.29 is 18.0 Å². The summed E-state index contributed by atoms with van der Waals surface area (Å²) in [6, 6.07) is 7.98. The molecule has 0 atom stereocenters. The second kappa shape index (κ2) is 9.74. The number of piperidine rings is 1. The number of likely N-dealkylation sites (tertiary alicyclic amines) is 1. The molecule has 3 heterocycles. The Labute approximate surface area is 202 Å². The standard InChI is InChI=1S/C25H29F3N6O/c1-16-17(4-5-22-21(16)12-18(13-29)31-22)15-33-10-7-19(8-11-33)34-20(6-9-25(26,27)28)14-30-23(34)24(35)32(2)3/h4-5,12,14,19,31H,6-11,15H2,1-3H3. The average molecular weight is 487 g/mol. The van der Waals surface area contributed by atoms with Gasteiger partial charge in [-0.1, -0.05) is 6.07 Å². The van der Waals surface area contributed by atoms with Crippen molar-refractivity contribution in [1.82, 2.24) is 24.3 Å². The van der Waals surface area contributed by atoms with Crippen LogP contribution in [0.5, 0.6) is 0 Å². The lowest BCUT2D eigenvalue weighted by Gasteiger charge is -2.34. The van der Waals surface area contributed by atoms with E-state index in [1.54, 1.807) is 18.7 Å². The molecule has 10 heteroatoms. The number of aromatic amines is 1. The summed E-state index contributed by atoms with van der Waals surface area (Å²) in [5.41, 5.74) is 4.23. The van der Waals surface area contributed by atoms with Gasteiger partial charge in [0.1, 0.15) is 11.8 Å². The van der Waals surface area contributed by atoms with Crippen LogP contribution in [0.4, 0.5) is 13.2 Å². The Morgan fingerprint density at radius 3 is 2.63 bits per heavy atom. The summed E-state index contributed by atoms with van der Waals surface area (Å²) in [6.45, 7) is 4.31. The van der Waals surface area contributed by atoms with Crippen LogP contribution >= 0.6 is 0 Å². The zero-order valence-corrected chi connectivity index (χ0v) is 20.1. The van der Waals surface area contributed by atoms with Gasteiger partial charge in [0.05, 0.1) is 0 Å². The van der Waals surface area contributed by atoms with E-state index in [0.29, 0.717) is 24.2 Å². The van der Waals surface area contributed by atoms with Gasteiger partial charge in [0, 0.05) is 69.0 Å². The van der Waals surface area contributed by atoms with Gasteiger partial charge in [0.2, 0.25) is 0 Å². The quantitative estimate of drug-likeness (QED) is 0.553. The van der Waals surface area contributed by atoms with Crippen molar-refractivity contribution in [3.63, 3.8) is 0 Å². The molecule has 186 valence electrons. The highest BCUT2D eigenvalue weighted by molar-refractivity contribution is 5.90. The van der Waals surface area contributed by atoms with Crippen LogP contribution in [0.1, 0.15) is 58.4 Å². The minimum absolute atomic E-state index is 0.0812. The lowest BCUT2D eigenvalue weighted by Crippen LogP contribution is -2.36. The molecular formula is C25H29F3N6O. The van der Waals surface area contributed by atoms with Crippen molar-refractivity contribution in [3.8, 4) is 6.07 Å². The number of nitrogens with one attached hydrogen (secondary N) is 1. The molecular weight excluding hydrogens is 457 g/mol. The van der Waals surface area contributed by atoms with Crippen LogP contribution in [-0.2, 0) is 13.0 Å². The summed E-state index contributed by atoms with van der Waals surface area (Å²) in [4.78, 5) is 23.7. The van der Waals surface area contributed by atoms with Crippen LogP contribution in [0.15, 0.2) is 24.4 Å². The van der Waals surface area contributed by atoms with E-state index < -0.39 is 12.6 Å². The first-order chi connectivity index (χ1) is 16.6. The molecule has 35 heavy (non-hydrogen) atoms. The zero-order chi connectivity index (χ0) is 25.3. The number of amides is 1. The predicted molar refractivity (Wildman–Crippen MR) is 126 cm³/mol. The highest BCUT2D eigenvalue weighted by Gasteiger charge is 2.31. The van der Waals surface area contributed by atoms with Gasteiger partial charge in [0.15, 0.2) is 5.82 Å². The Hall–Kier alpha value is -3.32. The number of nitriles is 1. The Morgan fingerprint density at radius 1 is 1.29 bits per heavy atom. The van der Waals surface area contributed by atoms with Crippen molar-refractivity contribution in [3.05, 3.63) is 52.7 Å². The lowest BCUT2D eigenvalue weighted by atomic mass is 10.0. The molecule has 4 rings (SSSR count). The lowest BCUT2D eigenvalue weighted by molar-refractivity contribution is -0.134. The van der Waals surface area contributed by atoms with Crippen LogP contribution in [-0.4, -0.2) is 63.6 Å². The fourth-order valence-corrected chi connectivity index (χ4v) is 4.82. The smallest absolute Gasteiger partial charge is 0.346 e. The maximum Gasteiger partial charge on any atom is 0.389 e. The van der Waals surface area contributed by atoms with Crippen molar-refractivity contribution in [2.45, 2.75) is 51.4 Å². The third-order valence-corrected chi connectivity index (χ3v) is 6.76. The van der Waals surface area contributed by atoms with E-state index in [2.05, 4.69) is 33.9 Å². The van der Waals surface area contributed by atoms with Gasteiger partial charge >= 0.3 is 6.18 Å². The number of aromatic nitrogens is 3. The fourth-order valence-electron chi connectivity index (χ4n) is 4.82. The van der Waals surface area contributed by atoms with E-state index in [1.165, 1.54) is 16.7 Å². The number of nitrogens with zero attached hydrogens (tertiary/aromatic N) is 5. The molecule has 2 aromatic heterocycles. The highest BCUT2D eigenvalue weighted by Crippen LogP contribution is 2.31. The Bertz CT molecular complexity index is 1260. The number of H-pyrrole nitrogens is 1. The molecule has 0 bridgehead atoms. The molecule has 0 saturated carbocycles. The SMILES string of the molecule is Cc1c(CN2CCC(n3c(CCC(F)(F)F)cnc3C(=O)N(C)C)CC2)ccc2[nH]c(C#N)cc12. The van der Waals surface area contributed by atoms with Gasteiger partial charge < -0.3 is 14.5 Å². The van der Waals surface area contributed by atoms with Gasteiger partial charge in [-0.25, -0.2) is 4.98 Å². The predicted octanol–water partition coefficient (Wildman–Crippen LogP) is 4.58. The van der Waals surface area contributed by atoms with Crippen molar-refractivity contribution >= 4 is 16.8 Å². The minimum Gasteiger partial charge on any atom is -0.346 e. The molecule has 7 nitrogen and oxygen atoms in total. The number of hydrogen-bond acceptors (Lipinski definition) is 4. The van der Waals surface area contributed by atoms with Crippen molar-refractivity contribution in [2.75, 3.05) is 27.2 Å². The van der Waals surface area contributed by atoms with E-state index in [0.717, 1.165) is 36.1 Å². The summed E-state index contributed by atoms with van der Waals surface area (Å²) in [5, 5.41) is 10.2. The molecule has 3 aromatic rings. The first-order valence-electron chi connectivity index (χ1n) is 11.7. The number of halogens is 3. The van der Waals surface area contributed by atoms with Gasteiger partial charge in [-0.3, -0.25) is 9.69 Å². The molecule has 1 aromatic carbocycles. The highest BCUT2D eigenvalue weighted by atomic mass is 19.4. The second-order valence-electron chi connectivity index (χ2n) is 9.37. The summed E-state index contributed by atoms with van der Waals surface area (Å²) >= 11 is 0. The third-order valence-electron chi connectivity index (χ3n) is 6.76. The average Bonchev–Trinajstić information content (AvgIpc) is 3.43. The Kier molecular flexibility index (Phi) is 6.90. The van der Waals surface area contributed by atoms with E-state index in [4.69, 9.17) is 5.26 Å². The number of benzene rings is 1. The molecule has 0 unspecified atom stereocenters. The third kappa shape index (κ3) is 5.35. The maximum absolute atomic E-state index is 12.9. The number of aryl methyl sites for hydroxylation is 2. The Morgan fingerprint density at radius 2 is 2.00 bits per heavy atom. The summed E-state index contributed by atoms with van der Waals surface area (Å²) in [7, 11) is 3.23. The summed E-state index contributed by atoms with van der Waals surface area (Å²) < 4.78 is 40.4. The molecule has 1 saturated heterocycles. The van der Waals surface area contributed by atoms with Gasteiger partial charge in [0.25, 0.3) is 5.91 Å². The maximum atomic E-state index is 12.9. The number of rotatable bonds is 6. The molecule has 1 amide bonds. The first kappa shape index (κ1) is 24.8. The van der Waals surface area contributed by atoms with Crippen LogP contribution in [0.25, 0.3) is 10.9 Å². The van der Waals surface area contributed by atoms with Gasteiger partial charge in [-0.2, -0.15) is 18.4 Å². The molecule has 0 aliphatic carbocycles. The van der Waals surface area contributed by atoms with E-state index in [-0.39, 0.29) is 24.2 Å². The molecule has 1 N–H and O–H groups in total. The summed E-state index contributed by atoms with van der Waals surface area (Å²) in [6.07, 6.45) is -2.56. The fraction of sp³-hybridized carbons (Fsp3) is 0.480.